The highest BCUT2D eigenvalue weighted by Gasteiger charge is 2.33. The number of nitrogens with zero attached hydrogens (tertiary/aromatic N) is 1. The Morgan fingerprint density at radius 1 is 1.26 bits per heavy atom. The van der Waals surface area contributed by atoms with Crippen LogP contribution in [0.25, 0.3) is 10.9 Å². The van der Waals surface area contributed by atoms with E-state index in [4.69, 9.17) is 14.2 Å². The molecule has 31 heavy (non-hydrogen) atoms. The lowest BCUT2D eigenvalue weighted by Gasteiger charge is -2.29. The summed E-state index contributed by atoms with van der Waals surface area (Å²) < 4.78 is 16.3. The van der Waals surface area contributed by atoms with Gasteiger partial charge in [-0.3, -0.25) is 9.89 Å². The topological polar surface area (TPSA) is 127 Å². The molecule has 1 aromatic heterocycles. The van der Waals surface area contributed by atoms with Gasteiger partial charge in [0.2, 0.25) is 12.5 Å². The van der Waals surface area contributed by atoms with Gasteiger partial charge in [0, 0.05) is 16.8 Å². The number of urea groups is 1. The lowest BCUT2D eigenvalue weighted by molar-refractivity contribution is -0.113. The molecule has 0 radical (unpaired) electrons. The van der Waals surface area contributed by atoms with E-state index in [0.717, 1.165) is 10.9 Å². The summed E-state index contributed by atoms with van der Waals surface area (Å²) in [6.45, 7) is 1.76. The van der Waals surface area contributed by atoms with Gasteiger partial charge in [0.1, 0.15) is 0 Å². The Balaban J connectivity index is 1.51. The molecular weight excluding hydrogens is 402 g/mol. The molecule has 10 heteroatoms. The van der Waals surface area contributed by atoms with Crippen LogP contribution in [0.3, 0.4) is 0 Å². The summed E-state index contributed by atoms with van der Waals surface area (Å²) in [5.74, 6) is 1.09. The largest absolute Gasteiger partial charge is 0.493 e. The smallest absolute Gasteiger partial charge is 0.319 e. The summed E-state index contributed by atoms with van der Waals surface area (Å²) in [7, 11) is 1.52. The van der Waals surface area contributed by atoms with Crippen LogP contribution in [0.5, 0.6) is 17.2 Å². The minimum Gasteiger partial charge on any atom is -0.493 e. The van der Waals surface area contributed by atoms with Crippen LogP contribution in [-0.2, 0) is 4.79 Å². The predicted molar refractivity (Wildman–Crippen MR) is 111 cm³/mol. The van der Waals surface area contributed by atoms with E-state index in [-0.39, 0.29) is 12.7 Å². The number of aromatic amines is 1. The SMILES string of the molecule is COc1cc(C2NC(=O)NC(C)=C2C(=O)Nc2ccc3[nH]ncc3c2)cc2c1OCO2. The van der Waals surface area contributed by atoms with Gasteiger partial charge >= 0.3 is 6.03 Å². The summed E-state index contributed by atoms with van der Waals surface area (Å²) in [6.07, 6.45) is 1.68. The van der Waals surface area contributed by atoms with Crippen molar-refractivity contribution in [2.45, 2.75) is 13.0 Å². The van der Waals surface area contributed by atoms with Crippen molar-refractivity contribution in [2.75, 3.05) is 19.2 Å². The van der Waals surface area contributed by atoms with Crippen molar-refractivity contribution in [2.24, 2.45) is 0 Å². The number of anilines is 1. The van der Waals surface area contributed by atoms with Crippen LogP contribution >= 0.6 is 0 Å². The van der Waals surface area contributed by atoms with Crippen LogP contribution < -0.4 is 30.2 Å². The van der Waals surface area contributed by atoms with Gasteiger partial charge in [0.05, 0.1) is 30.4 Å². The molecule has 0 aliphatic carbocycles. The Morgan fingerprint density at radius 2 is 2.13 bits per heavy atom. The Bertz CT molecular complexity index is 1250. The molecule has 0 fully saturated rings. The van der Waals surface area contributed by atoms with Crippen molar-refractivity contribution in [3.05, 3.63) is 53.4 Å². The number of ether oxygens (including phenoxy) is 3. The minimum atomic E-state index is -0.713. The number of rotatable bonds is 4. The van der Waals surface area contributed by atoms with Gasteiger partial charge in [-0.2, -0.15) is 5.10 Å². The number of carbonyl (C=O) groups is 2. The van der Waals surface area contributed by atoms with Gasteiger partial charge in [0.15, 0.2) is 11.5 Å². The third-order valence-electron chi connectivity index (χ3n) is 5.23. The fourth-order valence-electron chi connectivity index (χ4n) is 3.78. The second kappa shape index (κ2) is 7.24. The molecule has 0 spiro atoms. The minimum absolute atomic E-state index is 0.0758. The number of nitrogens with one attached hydrogen (secondary N) is 4. The van der Waals surface area contributed by atoms with Crippen molar-refractivity contribution in [3.8, 4) is 17.2 Å². The van der Waals surface area contributed by atoms with E-state index in [1.807, 2.05) is 12.1 Å². The van der Waals surface area contributed by atoms with Crippen LogP contribution in [0.1, 0.15) is 18.5 Å². The summed E-state index contributed by atoms with van der Waals surface area (Å²) in [5.41, 5.74) is 2.93. The molecule has 2 aromatic carbocycles. The summed E-state index contributed by atoms with van der Waals surface area (Å²) in [5, 5.41) is 16.1. The molecule has 2 aliphatic heterocycles. The molecule has 5 rings (SSSR count). The van der Waals surface area contributed by atoms with Gasteiger partial charge in [-0.15, -0.1) is 0 Å². The molecule has 2 aliphatic rings. The van der Waals surface area contributed by atoms with Gasteiger partial charge in [-0.1, -0.05) is 0 Å². The average molecular weight is 421 g/mol. The number of allylic oxidation sites excluding steroid dienone is 1. The summed E-state index contributed by atoms with van der Waals surface area (Å²) in [6, 6.07) is 7.77. The third kappa shape index (κ3) is 3.27. The number of fused-ring (bicyclic) bond motifs is 2. The number of hydrogen-bond acceptors (Lipinski definition) is 6. The van der Waals surface area contributed by atoms with Crippen LogP contribution in [-0.4, -0.2) is 36.0 Å². The molecule has 0 saturated heterocycles. The number of methoxy groups -OCH3 is 1. The van der Waals surface area contributed by atoms with Crippen LogP contribution in [0, 0.1) is 0 Å². The van der Waals surface area contributed by atoms with Crippen molar-refractivity contribution < 1.29 is 23.8 Å². The quantitative estimate of drug-likeness (QED) is 0.513. The maximum absolute atomic E-state index is 13.3. The third-order valence-corrected chi connectivity index (χ3v) is 5.23. The highest BCUT2D eigenvalue weighted by atomic mass is 16.7. The van der Waals surface area contributed by atoms with Gasteiger partial charge in [-0.05, 0) is 42.8 Å². The van der Waals surface area contributed by atoms with Crippen molar-refractivity contribution in [3.63, 3.8) is 0 Å². The molecule has 3 amide bonds. The Labute approximate surface area is 176 Å². The number of H-pyrrole nitrogens is 1. The van der Waals surface area contributed by atoms with Crippen molar-refractivity contribution in [1.29, 1.82) is 0 Å². The molecule has 3 heterocycles. The number of hydrogen-bond donors (Lipinski definition) is 4. The molecule has 1 unspecified atom stereocenters. The number of aromatic nitrogens is 2. The molecule has 0 bridgehead atoms. The Kier molecular flexibility index (Phi) is 4.39. The molecule has 10 nitrogen and oxygen atoms in total. The van der Waals surface area contributed by atoms with Crippen LogP contribution in [0.4, 0.5) is 10.5 Å². The van der Waals surface area contributed by atoms with Gasteiger partial charge < -0.3 is 30.2 Å². The fraction of sp³-hybridized carbons (Fsp3) is 0.190. The number of carbonyl (C=O) groups excluding carboxylic acids is 2. The molecule has 1 atom stereocenters. The summed E-state index contributed by atoms with van der Waals surface area (Å²) in [4.78, 5) is 25.5. The molecule has 3 aromatic rings. The van der Waals surface area contributed by atoms with E-state index in [1.165, 1.54) is 7.11 Å². The molecule has 0 saturated carbocycles. The Hall–Kier alpha value is -4.21. The lowest BCUT2D eigenvalue weighted by Crippen LogP contribution is -2.46. The second-order valence-corrected chi connectivity index (χ2v) is 7.15. The first kappa shape index (κ1) is 18.8. The van der Waals surface area contributed by atoms with E-state index in [0.29, 0.717) is 39.8 Å². The van der Waals surface area contributed by atoms with E-state index in [9.17, 15) is 9.59 Å². The Morgan fingerprint density at radius 3 is 2.97 bits per heavy atom. The first-order valence-corrected chi connectivity index (χ1v) is 9.54. The molecular formula is C21H19N5O5. The lowest BCUT2D eigenvalue weighted by atomic mass is 9.94. The zero-order chi connectivity index (χ0) is 21.5. The van der Waals surface area contributed by atoms with Crippen molar-refractivity contribution in [1.82, 2.24) is 20.8 Å². The summed E-state index contributed by atoms with van der Waals surface area (Å²) >= 11 is 0. The van der Waals surface area contributed by atoms with Gasteiger partial charge in [-0.25, -0.2) is 4.79 Å². The van der Waals surface area contributed by atoms with E-state index in [2.05, 4.69) is 26.1 Å². The highest BCUT2D eigenvalue weighted by molar-refractivity contribution is 6.07. The number of amides is 3. The zero-order valence-electron chi connectivity index (χ0n) is 16.7. The second-order valence-electron chi connectivity index (χ2n) is 7.15. The van der Waals surface area contributed by atoms with E-state index in [1.54, 1.807) is 31.3 Å². The van der Waals surface area contributed by atoms with Crippen molar-refractivity contribution >= 4 is 28.5 Å². The van der Waals surface area contributed by atoms with E-state index < -0.39 is 12.1 Å². The first-order chi connectivity index (χ1) is 15.0. The normalized spacial score (nSPS) is 17.4. The average Bonchev–Trinajstić information content (AvgIpc) is 3.41. The van der Waals surface area contributed by atoms with Crippen LogP contribution in [0.2, 0.25) is 0 Å². The standard InChI is InChI=1S/C21H19N5O5/c1-10-17(20(27)24-13-3-4-14-12(5-13)8-22-26-14)18(25-21(28)23-10)11-6-15(29-2)19-16(7-11)30-9-31-19/h3-8,18H,9H2,1-2H3,(H,22,26)(H,24,27)(H2,23,25,28). The maximum Gasteiger partial charge on any atom is 0.319 e. The highest BCUT2D eigenvalue weighted by Crippen LogP contribution is 2.44. The zero-order valence-corrected chi connectivity index (χ0v) is 16.7. The molecule has 158 valence electrons. The van der Waals surface area contributed by atoms with Gasteiger partial charge in [0.25, 0.3) is 5.91 Å². The van der Waals surface area contributed by atoms with Crippen LogP contribution in [0.15, 0.2) is 47.8 Å². The van der Waals surface area contributed by atoms with E-state index >= 15 is 0 Å². The predicted octanol–water partition coefficient (Wildman–Crippen LogP) is 2.57. The maximum atomic E-state index is 13.3. The fourth-order valence-corrected chi connectivity index (χ4v) is 3.78. The monoisotopic (exact) mass is 421 g/mol. The molecule has 4 N–H and O–H groups in total. The first-order valence-electron chi connectivity index (χ1n) is 9.54. The number of benzene rings is 2.